The summed E-state index contributed by atoms with van der Waals surface area (Å²) in [5.74, 6) is 1.36. The van der Waals surface area contributed by atoms with Crippen LogP contribution in [0, 0.1) is 0 Å². The molecule has 3 rings (SSSR count). The molecule has 0 amide bonds. The average molecular weight is 367 g/mol. The van der Waals surface area contributed by atoms with E-state index >= 15 is 0 Å². The highest BCUT2D eigenvalue weighted by Gasteiger charge is 2.05. The SMILES string of the molecule is COc1cc(/C=N/Nc2ccc(Cl)cc2)ccc1OCc1ccccc1. The van der Waals surface area contributed by atoms with Crippen molar-refractivity contribution in [2.75, 3.05) is 12.5 Å². The molecule has 0 aliphatic carbocycles. The number of hydrogen-bond acceptors (Lipinski definition) is 4. The Kier molecular flexibility index (Phi) is 6.12. The molecular weight excluding hydrogens is 348 g/mol. The van der Waals surface area contributed by atoms with E-state index in [1.165, 1.54) is 0 Å². The number of nitrogens with one attached hydrogen (secondary N) is 1. The van der Waals surface area contributed by atoms with E-state index in [1.54, 1.807) is 25.5 Å². The molecule has 3 aromatic rings. The van der Waals surface area contributed by atoms with Gasteiger partial charge in [-0.25, -0.2) is 0 Å². The Morgan fingerprint density at radius 1 is 0.962 bits per heavy atom. The number of anilines is 1. The highest BCUT2D eigenvalue weighted by atomic mass is 35.5. The van der Waals surface area contributed by atoms with E-state index in [1.807, 2.05) is 60.7 Å². The van der Waals surface area contributed by atoms with E-state index in [4.69, 9.17) is 21.1 Å². The van der Waals surface area contributed by atoms with E-state index < -0.39 is 0 Å². The molecule has 0 aromatic heterocycles. The maximum Gasteiger partial charge on any atom is 0.161 e. The Balaban J connectivity index is 1.64. The third kappa shape index (κ3) is 5.01. The van der Waals surface area contributed by atoms with Gasteiger partial charge in [0.05, 0.1) is 19.0 Å². The van der Waals surface area contributed by atoms with Gasteiger partial charge in [0, 0.05) is 5.02 Å². The molecule has 0 radical (unpaired) electrons. The first kappa shape index (κ1) is 17.8. The van der Waals surface area contributed by atoms with Crippen LogP contribution in [0.4, 0.5) is 5.69 Å². The number of halogens is 1. The average Bonchev–Trinajstić information content (AvgIpc) is 2.69. The number of ether oxygens (including phenoxy) is 2. The third-order valence-electron chi connectivity index (χ3n) is 3.68. The zero-order valence-corrected chi connectivity index (χ0v) is 15.1. The predicted molar refractivity (Wildman–Crippen MR) is 106 cm³/mol. The summed E-state index contributed by atoms with van der Waals surface area (Å²) < 4.78 is 11.3. The van der Waals surface area contributed by atoms with Crippen molar-refractivity contribution >= 4 is 23.5 Å². The van der Waals surface area contributed by atoms with Gasteiger partial charge in [-0.3, -0.25) is 5.43 Å². The summed E-state index contributed by atoms with van der Waals surface area (Å²) in [7, 11) is 1.62. The first-order valence-electron chi connectivity index (χ1n) is 8.14. The lowest BCUT2D eigenvalue weighted by molar-refractivity contribution is 0.284. The van der Waals surface area contributed by atoms with Crippen LogP contribution in [0.1, 0.15) is 11.1 Å². The third-order valence-corrected chi connectivity index (χ3v) is 3.93. The molecule has 0 aliphatic rings. The fourth-order valence-corrected chi connectivity index (χ4v) is 2.45. The topological polar surface area (TPSA) is 42.8 Å². The van der Waals surface area contributed by atoms with Gasteiger partial charge in [-0.15, -0.1) is 0 Å². The van der Waals surface area contributed by atoms with Crippen molar-refractivity contribution in [1.82, 2.24) is 0 Å². The minimum Gasteiger partial charge on any atom is -0.493 e. The van der Waals surface area contributed by atoms with Crippen LogP contribution in [0.3, 0.4) is 0 Å². The molecular formula is C21H19ClN2O2. The summed E-state index contributed by atoms with van der Waals surface area (Å²) in [5.41, 5.74) is 5.82. The minimum atomic E-state index is 0.489. The molecule has 0 aliphatic heterocycles. The summed E-state index contributed by atoms with van der Waals surface area (Å²) in [4.78, 5) is 0. The Labute approximate surface area is 158 Å². The van der Waals surface area contributed by atoms with E-state index in [-0.39, 0.29) is 0 Å². The van der Waals surface area contributed by atoms with Gasteiger partial charge in [0.15, 0.2) is 11.5 Å². The second-order valence-electron chi connectivity index (χ2n) is 5.56. The summed E-state index contributed by atoms with van der Waals surface area (Å²) in [5, 5.41) is 4.92. The fourth-order valence-electron chi connectivity index (χ4n) is 2.32. The largest absolute Gasteiger partial charge is 0.493 e. The smallest absolute Gasteiger partial charge is 0.161 e. The van der Waals surface area contributed by atoms with Crippen LogP contribution < -0.4 is 14.9 Å². The van der Waals surface area contributed by atoms with Crippen molar-refractivity contribution in [3.8, 4) is 11.5 Å². The Morgan fingerprint density at radius 2 is 1.73 bits per heavy atom. The molecule has 0 fully saturated rings. The van der Waals surface area contributed by atoms with Gasteiger partial charge < -0.3 is 9.47 Å². The summed E-state index contributed by atoms with van der Waals surface area (Å²) in [6.07, 6.45) is 1.72. The van der Waals surface area contributed by atoms with Crippen molar-refractivity contribution in [1.29, 1.82) is 0 Å². The van der Waals surface area contributed by atoms with E-state index in [0.717, 1.165) is 16.8 Å². The van der Waals surface area contributed by atoms with Crippen molar-refractivity contribution in [2.45, 2.75) is 6.61 Å². The quantitative estimate of drug-likeness (QED) is 0.451. The van der Waals surface area contributed by atoms with Crippen LogP contribution in [-0.4, -0.2) is 13.3 Å². The molecule has 5 heteroatoms. The highest BCUT2D eigenvalue weighted by molar-refractivity contribution is 6.30. The van der Waals surface area contributed by atoms with Gasteiger partial charge in [-0.2, -0.15) is 5.10 Å². The zero-order chi connectivity index (χ0) is 18.2. The van der Waals surface area contributed by atoms with Gasteiger partial charge in [-0.1, -0.05) is 41.9 Å². The Morgan fingerprint density at radius 3 is 2.46 bits per heavy atom. The molecule has 0 heterocycles. The standard InChI is InChI=1S/C21H19ClN2O2/c1-25-21-13-17(14-23-24-19-10-8-18(22)9-11-19)7-12-20(21)26-15-16-5-3-2-4-6-16/h2-14,24H,15H2,1H3/b23-14+. The summed E-state index contributed by atoms with van der Waals surface area (Å²) in [6.45, 7) is 0.489. The summed E-state index contributed by atoms with van der Waals surface area (Å²) in [6, 6.07) is 23.0. The Bertz CT molecular complexity index is 865. The van der Waals surface area contributed by atoms with E-state index in [2.05, 4.69) is 10.5 Å². The molecule has 1 N–H and O–H groups in total. The van der Waals surface area contributed by atoms with Crippen LogP contribution in [0.2, 0.25) is 5.02 Å². The second kappa shape index (κ2) is 8.92. The monoisotopic (exact) mass is 366 g/mol. The number of rotatable bonds is 7. The number of methoxy groups -OCH3 is 1. The van der Waals surface area contributed by atoms with Crippen molar-refractivity contribution in [3.05, 3.63) is 88.9 Å². The number of hydrazone groups is 1. The fraction of sp³-hybridized carbons (Fsp3) is 0.0952. The minimum absolute atomic E-state index is 0.489. The molecule has 0 saturated carbocycles. The predicted octanol–water partition coefficient (Wildman–Crippen LogP) is 5.37. The number of benzene rings is 3. The van der Waals surface area contributed by atoms with Crippen LogP contribution in [0.25, 0.3) is 0 Å². The lowest BCUT2D eigenvalue weighted by Gasteiger charge is -2.11. The molecule has 3 aromatic carbocycles. The lowest BCUT2D eigenvalue weighted by Crippen LogP contribution is -1.98. The van der Waals surface area contributed by atoms with E-state index in [9.17, 15) is 0 Å². The van der Waals surface area contributed by atoms with Crippen LogP contribution in [-0.2, 0) is 6.61 Å². The van der Waals surface area contributed by atoms with Crippen molar-refractivity contribution in [3.63, 3.8) is 0 Å². The molecule has 0 saturated heterocycles. The molecule has 26 heavy (non-hydrogen) atoms. The van der Waals surface area contributed by atoms with Crippen molar-refractivity contribution in [2.24, 2.45) is 5.10 Å². The Hall–Kier alpha value is -2.98. The van der Waals surface area contributed by atoms with Gasteiger partial charge in [0.1, 0.15) is 6.61 Å². The molecule has 0 unspecified atom stereocenters. The zero-order valence-electron chi connectivity index (χ0n) is 14.4. The number of hydrogen-bond donors (Lipinski definition) is 1. The maximum absolute atomic E-state index is 5.86. The first-order chi connectivity index (χ1) is 12.7. The molecule has 0 bridgehead atoms. The molecule has 0 spiro atoms. The number of nitrogens with zero attached hydrogens (tertiary/aromatic N) is 1. The first-order valence-corrected chi connectivity index (χ1v) is 8.52. The van der Waals surface area contributed by atoms with Gasteiger partial charge in [0.2, 0.25) is 0 Å². The highest BCUT2D eigenvalue weighted by Crippen LogP contribution is 2.28. The normalized spacial score (nSPS) is 10.7. The molecule has 4 nitrogen and oxygen atoms in total. The van der Waals surface area contributed by atoms with Gasteiger partial charge >= 0.3 is 0 Å². The van der Waals surface area contributed by atoms with Gasteiger partial charge in [-0.05, 0) is 53.6 Å². The summed E-state index contributed by atoms with van der Waals surface area (Å²) >= 11 is 5.86. The van der Waals surface area contributed by atoms with E-state index in [0.29, 0.717) is 23.1 Å². The second-order valence-corrected chi connectivity index (χ2v) is 6.00. The van der Waals surface area contributed by atoms with Crippen LogP contribution in [0.15, 0.2) is 77.9 Å². The lowest BCUT2D eigenvalue weighted by atomic mass is 10.2. The molecule has 132 valence electrons. The molecule has 0 atom stereocenters. The van der Waals surface area contributed by atoms with Crippen molar-refractivity contribution < 1.29 is 9.47 Å². The van der Waals surface area contributed by atoms with Crippen LogP contribution >= 0.6 is 11.6 Å². The van der Waals surface area contributed by atoms with Crippen LogP contribution in [0.5, 0.6) is 11.5 Å². The maximum atomic E-state index is 5.86. The van der Waals surface area contributed by atoms with Gasteiger partial charge in [0.25, 0.3) is 0 Å².